The van der Waals surface area contributed by atoms with Gasteiger partial charge in [0.25, 0.3) is 0 Å². The summed E-state index contributed by atoms with van der Waals surface area (Å²) in [7, 11) is 0. The van der Waals surface area contributed by atoms with E-state index in [-0.39, 0.29) is 11.9 Å². The fourth-order valence-electron chi connectivity index (χ4n) is 2.39. The summed E-state index contributed by atoms with van der Waals surface area (Å²) >= 11 is 11.8. The van der Waals surface area contributed by atoms with Gasteiger partial charge in [-0.15, -0.1) is 0 Å². The molecule has 0 spiro atoms. The predicted octanol–water partition coefficient (Wildman–Crippen LogP) is 4.85. The van der Waals surface area contributed by atoms with Crippen LogP contribution in [0.15, 0.2) is 61.2 Å². The molecule has 0 amide bonds. The van der Waals surface area contributed by atoms with Crippen LogP contribution >= 0.6 is 23.2 Å². The Bertz CT molecular complexity index is 789. The van der Waals surface area contributed by atoms with E-state index in [2.05, 4.69) is 4.98 Å². The number of nitrogens with zero attached hydrogens (tertiary/aromatic N) is 2. The molecule has 6 heteroatoms. The number of aromatic nitrogens is 2. The number of halogens is 2. The molecular formula is C18H16Cl2N2O2. The first kappa shape index (κ1) is 16.8. The Morgan fingerprint density at radius 2 is 1.83 bits per heavy atom. The van der Waals surface area contributed by atoms with E-state index in [9.17, 15) is 5.11 Å². The number of aromatic hydroxyl groups is 1. The number of phenols is 1. The van der Waals surface area contributed by atoms with E-state index in [0.29, 0.717) is 28.8 Å². The van der Waals surface area contributed by atoms with Crippen molar-refractivity contribution in [1.82, 2.24) is 9.55 Å². The van der Waals surface area contributed by atoms with Crippen LogP contribution < -0.4 is 0 Å². The van der Waals surface area contributed by atoms with Crippen molar-refractivity contribution in [2.75, 3.05) is 0 Å². The lowest BCUT2D eigenvalue weighted by Crippen LogP contribution is -2.12. The molecule has 0 aliphatic carbocycles. The van der Waals surface area contributed by atoms with Gasteiger partial charge in [-0.25, -0.2) is 4.98 Å². The van der Waals surface area contributed by atoms with Crippen molar-refractivity contribution in [2.24, 2.45) is 0 Å². The summed E-state index contributed by atoms with van der Waals surface area (Å²) in [5.74, 6) is 0.115. The summed E-state index contributed by atoms with van der Waals surface area (Å²) in [4.78, 5) is 4.04. The monoisotopic (exact) mass is 362 g/mol. The maximum atomic E-state index is 10.2. The predicted molar refractivity (Wildman–Crippen MR) is 94.3 cm³/mol. The summed E-state index contributed by atoms with van der Waals surface area (Å²) in [6, 6.07) is 12.5. The topological polar surface area (TPSA) is 47.3 Å². The Morgan fingerprint density at radius 3 is 2.50 bits per heavy atom. The molecule has 1 N–H and O–H groups in total. The minimum Gasteiger partial charge on any atom is -0.508 e. The van der Waals surface area contributed by atoms with Crippen LogP contribution in [0.4, 0.5) is 0 Å². The SMILES string of the molecule is Oc1cc(Cl)ccc1C(Cn1ccnc1)OCc1ccc(Cl)cc1. The van der Waals surface area contributed by atoms with E-state index in [0.717, 1.165) is 5.56 Å². The summed E-state index contributed by atoms with van der Waals surface area (Å²) in [6.07, 6.45) is 4.93. The number of hydrogen-bond donors (Lipinski definition) is 1. The van der Waals surface area contributed by atoms with Crippen LogP contribution in [-0.4, -0.2) is 14.7 Å². The van der Waals surface area contributed by atoms with Crippen LogP contribution in [0.25, 0.3) is 0 Å². The quantitative estimate of drug-likeness (QED) is 0.681. The first-order valence-electron chi connectivity index (χ1n) is 7.42. The van der Waals surface area contributed by atoms with Crippen LogP contribution in [0.5, 0.6) is 5.75 Å². The largest absolute Gasteiger partial charge is 0.508 e. The van der Waals surface area contributed by atoms with E-state index in [4.69, 9.17) is 27.9 Å². The molecule has 1 aromatic heterocycles. The zero-order valence-electron chi connectivity index (χ0n) is 12.8. The van der Waals surface area contributed by atoms with Crippen LogP contribution in [0, 0.1) is 0 Å². The molecule has 4 nitrogen and oxygen atoms in total. The fourth-order valence-corrected chi connectivity index (χ4v) is 2.69. The normalized spacial score (nSPS) is 12.2. The number of imidazole rings is 1. The van der Waals surface area contributed by atoms with E-state index in [1.807, 2.05) is 35.0 Å². The van der Waals surface area contributed by atoms with Crippen LogP contribution in [0.1, 0.15) is 17.2 Å². The van der Waals surface area contributed by atoms with Crippen molar-refractivity contribution in [3.63, 3.8) is 0 Å². The highest BCUT2D eigenvalue weighted by atomic mass is 35.5. The molecule has 0 radical (unpaired) electrons. The Balaban J connectivity index is 1.80. The maximum Gasteiger partial charge on any atom is 0.122 e. The molecule has 0 aliphatic heterocycles. The second kappa shape index (κ2) is 7.71. The lowest BCUT2D eigenvalue weighted by atomic mass is 10.1. The van der Waals surface area contributed by atoms with Crippen molar-refractivity contribution in [3.8, 4) is 5.75 Å². The first-order chi connectivity index (χ1) is 11.6. The third-order valence-electron chi connectivity index (χ3n) is 3.64. The number of ether oxygens (including phenoxy) is 1. The molecular weight excluding hydrogens is 347 g/mol. The first-order valence-corrected chi connectivity index (χ1v) is 8.17. The van der Waals surface area contributed by atoms with Gasteiger partial charge in [-0.1, -0.05) is 41.4 Å². The van der Waals surface area contributed by atoms with Gasteiger partial charge < -0.3 is 14.4 Å². The molecule has 0 fully saturated rings. The van der Waals surface area contributed by atoms with Crippen molar-refractivity contribution in [2.45, 2.75) is 19.3 Å². The molecule has 1 atom stereocenters. The Morgan fingerprint density at radius 1 is 1.08 bits per heavy atom. The molecule has 24 heavy (non-hydrogen) atoms. The minimum atomic E-state index is -0.341. The Hall–Kier alpha value is -2.01. The van der Waals surface area contributed by atoms with Gasteiger partial charge in [-0.2, -0.15) is 0 Å². The molecule has 3 aromatic rings. The van der Waals surface area contributed by atoms with Gasteiger partial charge in [0.05, 0.1) is 19.5 Å². The van der Waals surface area contributed by atoms with E-state index < -0.39 is 0 Å². The molecule has 2 aromatic carbocycles. The number of benzene rings is 2. The highest BCUT2D eigenvalue weighted by Crippen LogP contribution is 2.31. The summed E-state index contributed by atoms with van der Waals surface area (Å²) in [5.41, 5.74) is 1.69. The second-order valence-electron chi connectivity index (χ2n) is 5.39. The third-order valence-corrected chi connectivity index (χ3v) is 4.13. The highest BCUT2D eigenvalue weighted by Gasteiger charge is 2.17. The van der Waals surface area contributed by atoms with Gasteiger partial charge in [0.15, 0.2) is 0 Å². The maximum absolute atomic E-state index is 10.2. The molecule has 0 saturated carbocycles. The summed E-state index contributed by atoms with van der Waals surface area (Å²) in [5, 5.41) is 11.4. The van der Waals surface area contributed by atoms with Gasteiger partial charge in [0.1, 0.15) is 11.9 Å². The average molecular weight is 363 g/mol. The van der Waals surface area contributed by atoms with Crippen LogP contribution in [-0.2, 0) is 17.9 Å². The Kier molecular flexibility index (Phi) is 5.41. The zero-order chi connectivity index (χ0) is 16.9. The van der Waals surface area contributed by atoms with Crippen molar-refractivity contribution in [3.05, 3.63) is 82.4 Å². The molecule has 0 bridgehead atoms. The summed E-state index contributed by atoms with van der Waals surface area (Å²) < 4.78 is 7.96. The molecule has 3 rings (SSSR count). The van der Waals surface area contributed by atoms with E-state index in [1.54, 1.807) is 24.7 Å². The van der Waals surface area contributed by atoms with E-state index >= 15 is 0 Å². The van der Waals surface area contributed by atoms with Gasteiger partial charge in [0, 0.05) is 28.0 Å². The van der Waals surface area contributed by atoms with Crippen LogP contribution in [0.3, 0.4) is 0 Å². The van der Waals surface area contributed by atoms with E-state index in [1.165, 1.54) is 6.07 Å². The fraction of sp³-hybridized carbons (Fsp3) is 0.167. The molecule has 0 saturated heterocycles. The van der Waals surface area contributed by atoms with Crippen molar-refractivity contribution < 1.29 is 9.84 Å². The number of hydrogen-bond acceptors (Lipinski definition) is 3. The van der Waals surface area contributed by atoms with Crippen molar-refractivity contribution in [1.29, 1.82) is 0 Å². The smallest absolute Gasteiger partial charge is 0.122 e. The van der Waals surface area contributed by atoms with Gasteiger partial charge >= 0.3 is 0 Å². The number of rotatable bonds is 6. The van der Waals surface area contributed by atoms with Gasteiger partial charge in [0.2, 0.25) is 0 Å². The minimum absolute atomic E-state index is 0.115. The molecule has 124 valence electrons. The van der Waals surface area contributed by atoms with Gasteiger partial charge in [-0.3, -0.25) is 0 Å². The van der Waals surface area contributed by atoms with Gasteiger partial charge in [-0.05, 0) is 29.8 Å². The molecule has 1 heterocycles. The molecule has 0 aliphatic rings. The summed E-state index contributed by atoms with van der Waals surface area (Å²) in [6.45, 7) is 0.932. The lowest BCUT2D eigenvalue weighted by Gasteiger charge is -2.20. The number of phenolic OH excluding ortho intramolecular Hbond substituents is 1. The van der Waals surface area contributed by atoms with Crippen molar-refractivity contribution >= 4 is 23.2 Å². The zero-order valence-corrected chi connectivity index (χ0v) is 14.3. The molecule has 1 unspecified atom stereocenters. The standard InChI is InChI=1S/C18H16Cl2N2O2/c19-14-3-1-13(2-4-14)11-24-18(10-22-8-7-21-12-22)16-6-5-15(20)9-17(16)23/h1-9,12,18,23H,10-11H2. The third kappa shape index (κ3) is 4.29. The average Bonchev–Trinajstić information content (AvgIpc) is 3.06. The highest BCUT2D eigenvalue weighted by molar-refractivity contribution is 6.30. The van der Waals surface area contributed by atoms with Crippen LogP contribution in [0.2, 0.25) is 10.0 Å². The Labute approximate surface area is 150 Å². The second-order valence-corrected chi connectivity index (χ2v) is 6.26. The lowest BCUT2D eigenvalue weighted by molar-refractivity contribution is 0.0265.